The smallest absolute Gasteiger partial charge is 0.0632 e. The molecule has 0 aromatic carbocycles. The highest BCUT2D eigenvalue weighted by molar-refractivity contribution is 4.92. The summed E-state index contributed by atoms with van der Waals surface area (Å²) >= 11 is 0. The first-order valence-electron chi connectivity index (χ1n) is 39.3. The topological polar surface area (TPSA) is 73.8 Å². The average molecular weight is 1210 g/mol. The highest BCUT2D eigenvalue weighted by Gasteiger charge is 2.43. The van der Waals surface area contributed by atoms with Gasteiger partial charge in [-0.3, -0.25) is 0 Å². The lowest BCUT2D eigenvalue weighted by Crippen LogP contribution is -2.33. The van der Waals surface area contributed by atoms with E-state index in [1.807, 2.05) is 0 Å². The number of hydrogen-bond acceptors (Lipinski definition) is 8. The Morgan fingerprint density at radius 3 is 0.640 bits per heavy atom. The molecule has 0 saturated carbocycles. The lowest BCUT2D eigenvalue weighted by molar-refractivity contribution is -0.0652. The minimum absolute atomic E-state index is 0.407. The molecule has 0 amide bonds. The van der Waals surface area contributed by atoms with Gasteiger partial charge in [-0.25, -0.2) is 0 Å². The fourth-order valence-electron chi connectivity index (χ4n) is 17.3. The summed E-state index contributed by atoms with van der Waals surface area (Å²) in [6.45, 7) is 22.7. The van der Waals surface area contributed by atoms with Crippen molar-refractivity contribution in [3.8, 4) is 0 Å². The zero-order chi connectivity index (χ0) is 61.1. The van der Waals surface area contributed by atoms with Crippen LogP contribution in [0.1, 0.15) is 377 Å². The Kier molecular flexibility index (Phi) is 38.5. The van der Waals surface area contributed by atoms with Crippen LogP contribution < -0.4 is 0 Å². The van der Waals surface area contributed by atoms with E-state index in [4.69, 9.17) is 37.9 Å². The molecule has 8 nitrogen and oxygen atoms in total. The fraction of sp³-hybridized carbons (Fsp3) is 1.00. The molecule has 8 heteroatoms. The van der Waals surface area contributed by atoms with Crippen molar-refractivity contribution in [2.24, 2.45) is 23.7 Å². The van der Waals surface area contributed by atoms with Crippen LogP contribution >= 0.6 is 0 Å². The molecular formula is C78H146O8. The summed E-state index contributed by atoms with van der Waals surface area (Å²) in [5, 5.41) is 0. The quantitative estimate of drug-likeness (QED) is 0.0561. The lowest BCUT2D eigenvalue weighted by Gasteiger charge is -2.31. The van der Waals surface area contributed by atoms with Crippen molar-refractivity contribution in [2.75, 3.05) is 0 Å². The Morgan fingerprint density at radius 2 is 0.395 bits per heavy atom. The Hall–Kier alpha value is -0.320. The van der Waals surface area contributed by atoms with Gasteiger partial charge in [-0.05, 0) is 182 Å². The molecule has 0 aromatic rings. The molecule has 0 radical (unpaired) electrons. The van der Waals surface area contributed by atoms with Gasteiger partial charge in [-0.1, -0.05) is 196 Å². The van der Waals surface area contributed by atoms with Crippen LogP contribution in [0.2, 0.25) is 0 Å². The first-order valence-corrected chi connectivity index (χ1v) is 39.3. The molecular weight excluding hydrogens is 1060 g/mol. The highest BCUT2D eigenvalue weighted by Crippen LogP contribution is 2.43. The van der Waals surface area contributed by atoms with E-state index in [2.05, 4.69) is 69.2 Å². The van der Waals surface area contributed by atoms with Gasteiger partial charge in [0, 0.05) is 23.7 Å². The molecule has 8 aliphatic heterocycles. The van der Waals surface area contributed by atoms with Crippen molar-refractivity contribution in [1.82, 2.24) is 0 Å². The number of unbranched alkanes of at least 4 members (excludes halogenated alkanes) is 17. The van der Waals surface area contributed by atoms with Gasteiger partial charge < -0.3 is 37.9 Å². The third-order valence-electron chi connectivity index (χ3n) is 22.6. The molecule has 16 unspecified atom stereocenters. The molecule has 0 aliphatic carbocycles. The molecule has 0 aromatic heterocycles. The summed E-state index contributed by atoms with van der Waals surface area (Å²) in [4.78, 5) is 0. The molecule has 8 saturated heterocycles. The van der Waals surface area contributed by atoms with Gasteiger partial charge >= 0.3 is 0 Å². The Labute approximate surface area is 534 Å². The van der Waals surface area contributed by atoms with Gasteiger partial charge in [0.25, 0.3) is 0 Å². The zero-order valence-electron chi connectivity index (χ0n) is 58.8. The molecule has 0 bridgehead atoms. The third kappa shape index (κ3) is 27.3. The minimum Gasteiger partial charge on any atom is -0.375 e. The van der Waals surface area contributed by atoms with E-state index in [0.717, 1.165) is 0 Å². The summed E-state index contributed by atoms with van der Waals surface area (Å²) in [5.74, 6) is 2.44. The van der Waals surface area contributed by atoms with Gasteiger partial charge in [0.05, 0.1) is 97.7 Å². The minimum atomic E-state index is 0.407. The van der Waals surface area contributed by atoms with Crippen LogP contribution in [-0.2, 0) is 37.9 Å². The van der Waals surface area contributed by atoms with E-state index in [9.17, 15) is 0 Å². The SMILES string of the molecule is CC1CCC(C(CCCCC(C2CCC(C)O2)C2CCC(C)O2)C2CCC(C)O2)O1.CCCCCC1CCC(C(CCCCC)C2CCC(CCCCC)O2)O1.CCCCCCCCCC(C1CCC(CCCCC)O1)C1CCC(CCCCC)O1. The van der Waals surface area contributed by atoms with E-state index in [0.29, 0.717) is 121 Å². The summed E-state index contributed by atoms with van der Waals surface area (Å²) < 4.78 is 51.7. The fourth-order valence-corrected chi connectivity index (χ4v) is 17.3. The van der Waals surface area contributed by atoms with Crippen molar-refractivity contribution in [3.05, 3.63) is 0 Å². The van der Waals surface area contributed by atoms with Crippen LogP contribution in [0.25, 0.3) is 0 Å². The molecule has 16 atom stereocenters. The maximum Gasteiger partial charge on any atom is 0.0632 e. The molecule has 8 aliphatic rings. The monoisotopic (exact) mass is 1210 g/mol. The van der Waals surface area contributed by atoms with E-state index in [1.165, 1.54) is 308 Å². The van der Waals surface area contributed by atoms with E-state index < -0.39 is 0 Å². The van der Waals surface area contributed by atoms with Crippen molar-refractivity contribution < 1.29 is 37.9 Å². The normalized spacial score (nSPS) is 34.1. The van der Waals surface area contributed by atoms with E-state index in [1.54, 1.807) is 0 Å². The zero-order valence-corrected chi connectivity index (χ0v) is 58.8. The molecule has 8 rings (SSSR count). The number of rotatable bonds is 41. The average Bonchev–Trinajstić information content (AvgIpc) is 4.56. The van der Waals surface area contributed by atoms with Crippen LogP contribution in [0.15, 0.2) is 0 Å². The third-order valence-corrected chi connectivity index (χ3v) is 22.6. The van der Waals surface area contributed by atoms with Gasteiger partial charge in [0.1, 0.15) is 0 Å². The Bertz CT molecular complexity index is 1490. The van der Waals surface area contributed by atoms with Crippen LogP contribution in [0, 0.1) is 23.7 Å². The van der Waals surface area contributed by atoms with Crippen molar-refractivity contribution in [2.45, 2.75) is 475 Å². The van der Waals surface area contributed by atoms with Gasteiger partial charge in [0.2, 0.25) is 0 Å². The van der Waals surface area contributed by atoms with E-state index in [-0.39, 0.29) is 0 Å². The Balaban J connectivity index is 0.000000207. The van der Waals surface area contributed by atoms with Gasteiger partial charge in [-0.15, -0.1) is 0 Å². The lowest BCUT2D eigenvalue weighted by atomic mass is 9.84. The summed E-state index contributed by atoms with van der Waals surface area (Å²) in [5.41, 5.74) is 0. The van der Waals surface area contributed by atoms with Crippen molar-refractivity contribution >= 4 is 0 Å². The van der Waals surface area contributed by atoms with Crippen LogP contribution in [0.4, 0.5) is 0 Å². The maximum atomic E-state index is 6.65. The maximum absolute atomic E-state index is 6.65. The molecule has 8 fully saturated rings. The summed E-state index contributed by atoms with van der Waals surface area (Å²) in [6.07, 6.45) is 69.8. The van der Waals surface area contributed by atoms with Crippen LogP contribution in [0.5, 0.6) is 0 Å². The standard InChI is InChI=1S/C28H54O2.C26H46O4.C24H46O2/c1-4-7-10-11-12-13-16-19-26(27-22-20-24(29-27)17-14-8-5-2)28-23-21-25(30-28)18-15-9-6-3;1-17-9-13-23(27-17)21(24-14-10-18(2)28-24)7-5-6-8-22(25-15-11-19(3)29-25)26-16-12-20(4)30-26;1-4-7-10-13-20-16-18-23(25-20)22(15-12-9-6-3)24-19-17-21(26-24)14-11-8-5-2/h24-28H,4-23H2,1-3H3;17-26H,5-16H2,1-4H3;20-24H,4-19H2,1-3H3. The second kappa shape index (κ2) is 44.3. The van der Waals surface area contributed by atoms with Crippen molar-refractivity contribution in [3.63, 3.8) is 0 Å². The molecule has 506 valence electrons. The molecule has 8 heterocycles. The van der Waals surface area contributed by atoms with E-state index >= 15 is 0 Å². The Morgan fingerprint density at radius 1 is 0.209 bits per heavy atom. The second-order valence-corrected chi connectivity index (χ2v) is 30.1. The number of hydrogen-bond donors (Lipinski definition) is 0. The first-order chi connectivity index (χ1) is 42.0. The largest absolute Gasteiger partial charge is 0.375 e. The predicted molar refractivity (Wildman–Crippen MR) is 362 cm³/mol. The molecule has 86 heavy (non-hydrogen) atoms. The summed E-state index contributed by atoms with van der Waals surface area (Å²) in [6, 6.07) is 0. The number of ether oxygens (including phenoxy) is 8. The second-order valence-electron chi connectivity index (χ2n) is 30.1. The molecule has 0 spiro atoms. The first kappa shape index (κ1) is 74.7. The highest BCUT2D eigenvalue weighted by atomic mass is 16.5. The molecule has 0 N–H and O–H groups in total. The van der Waals surface area contributed by atoms with Crippen molar-refractivity contribution in [1.29, 1.82) is 0 Å². The van der Waals surface area contributed by atoms with Gasteiger partial charge in [0.15, 0.2) is 0 Å². The summed E-state index contributed by atoms with van der Waals surface area (Å²) in [7, 11) is 0. The predicted octanol–water partition coefficient (Wildman–Crippen LogP) is 22.5. The van der Waals surface area contributed by atoms with Gasteiger partial charge in [-0.2, -0.15) is 0 Å². The van der Waals surface area contributed by atoms with Crippen LogP contribution in [0.3, 0.4) is 0 Å². The van der Waals surface area contributed by atoms with Crippen LogP contribution in [-0.4, -0.2) is 97.7 Å².